The lowest BCUT2D eigenvalue weighted by atomic mass is 10.2. The monoisotopic (exact) mass is 257 g/mol. The van der Waals surface area contributed by atoms with Crippen molar-refractivity contribution in [3.63, 3.8) is 0 Å². The maximum absolute atomic E-state index is 4.36. The van der Waals surface area contributed by atoms with Gasteiger partial charge in [0.25, 0.3) is 0 Å². The summed E-state index contributed by atoms with van der Waals surface area (Å²) < 4.78 is 0. The summed E-state index contributed by atoms with van der Waals surface area (Å²) in [4.78, 5) is 15.0. The summed E-state index contributed by atoms with van der Waals surface area (Å²) in [7, 11) is 2.01. The van der Waals surface area contributed by atoms with Crippen molar-refractivity contribution < 1.29 is 0 Å². The highest BCUT2D eigenvalue weighted by atomic mass is 15.2. The first-order valence-corrected chi connectivity index (χ1v) is 6.39. The molecule has 100 valence electrons. The Balaban J connectivity index is 2.19. The van der Waals surface area contributed by atoms with Crippen LogP contribution in [0.2, 0.25) is 0 Å². The SMILES string of the molecule is CCNc1ncnc(N(C)Cc2ccccn2)c1C. The van der Waals surface area contributed by atoms with Gasteiger partial charge in [0.15, 0.2) is 0 Å². The maximum atomic E-state index is 4.36. The van der Waals surface area contributed by atoms with E-state index >= 15 is 0 Å². The van der Waals surface area contributed by atoms with Crippen molar-refractivity contribution in [3.05, 3.63) is 42.0 Å². The van der Waals surface area contributed by atoms with Gasteiger partial charge in [-0.1, -0.05) is 6.07 Å². The fourth-order valence-electron chi connectivity index (χ4n) is 1.98. The van der Waals surface area contributed by atoms with Crippen LogP contribution in [-0.2, 0) is 6.54 Å². The van der Waals surface area contributed by atoms with Crippen LogP contribution in [0.25, 0.3) is 0 Å². The van der Waals surface area contributed by atoms with E-state index in [9.17, 15) is 0 Å². The molecule has 0 aliphatic heterocycles. The third-order valence-corrected chi connectivity index (χ3v) is 2.89. The number of anilines is 2. The van der Waals surface area contributed by atoms with Crippen molar-refractivity contribution >= 4 is 11.6 Å². The second kappa shape index (κ2) is 6.13. The van der Waals surface area contributed by atoms with Gasteiger partial charge in [-0.3, -0.25) is 4.98 Å². The van der Waals surface area contributed by atoms with Crippen LogP contribution in [0, 0.1) is 6.92 Å². The Labute approximate surface area is 113 Å². The molecule has 2 aromatic rings. The molecule has 0 radical (unpaired) electrons. The predicted molar refractivity (Wildman–Crippen MR) is 77.3 cm³/mol. The van der Waals surface area contributed by atoms with Gasteiger partial charge >= 0.3 is 0 Å². The normalized spacial score (nSPS) is 10.3. The molecule has 1 N–H and O–H groups in total. The molecule has 5 nitrogen and oxygen atoms in total. The molecular formula is C14H19N5. The highest BCUT2D eigenvalue weighted by Crippen LogP contribution is 2.21. The second-order valence-electron chi connectivity index (χ2n) is 4.38. The summed E-state index contributed by atoms with van der Waals surface area (Å²) in [5, 5.41) is 3.24. The third kappa shape index (κ3) is 3.19. The predicted octanol–water partition coefficient (Wildman–Crippen LogP) is 2.25. The lowest BCUT2D eigenvalue weighted by Gasteiger charge is -2.20. The minimum absolute atomic E-state index is 0.726. The molecule has 0 aliphatic rings. The lowest BCUT2D eigenvalue weighted by Crippen LogP contribution is -2.20. The Morgan fingerprint density at radius 2 is 2.05 bits per heavy atom. The number of hydrogen-bond donors (Lipinski definition) is 1. The van der Waals surface area contributed by atoms with E-state index in [2.05, 4.69) is 32.1 Å². The third-order valence-electron chi connectivity index (χ3n) is 2.89. The van der Waals surface area contributed by atoms with E-state index < -0.39 is 0 Å². The quantitative estimate of drug-likeness (QED) is 0.890. The first kappa shape index (κ1) is 13.3. The fraction of sp³-hybridized carbons (Fsp3) is 0.357. The largest absolute Gasteiger partial charge is 0.370 e. The van der Waals surface area contributed by atoms with E-state index in [4.69, 9.17) is 0 Å². The fourth-order valence-corrected chi connectivity index (χ4v) is 1.98. The Kier molecular flexibility index (Phi) is 4.28. The van der Waals surface area contributed by atoms with Crippen molar-refractivity contribution in [2.75, 3.05) is 23.8 Å². The zero-order valence-corrected chi connectivity index (χ0v) is 11.6. The molecule has 2 heterocycles. The molecule has 0 spiro atoms. The lowest BCUT2D eigenvalue weighted by molar-refractivity contribution is 0.854. The molecule has 0 saturated carbocycles. The van der Waals surface area contributed by atoms with E-state index in [0.29, 0.717) is 0 Å². The van der Waals surface area contributed by atoms with Gasteiger partial charge < -0.3 is 10.2 Å². The Morgan fingerprint density at radius 3 is 2.74 bits per heavy atom. The number of nitrogens with one attached hydrogen (secondary N) is 1. The summed E-state index contributed by atoms with van der Waals surface area (Å²) >= 11 is 0. The molecule has 0 unspecified atom stereocenters. The zero-order chi connectivity index (χ0) is 13.7. The smallest absolute Gasteiger partial charge is 0.137 e. The Morgan fingerprint density at radius 1 is 1.21 bits per heavy atom. The van der Waals surface area contributed by atoms with Gasteiger partial charge in [0.2, 0.25) is 0 Å². The Hall–Kier alpha value is -2.17. The number of pyridine rings is 1. The van der Waals surface area contributed by atoms with Crippen molar-refractivity contribution in [2.24, 2.45) is 0 Å². The van der Waals surface area contributed by atoms with E-state index in [1.54, 1.807) is 12.5 Å². The van der Waals surface area contributed by atoms with Crippen molar-refractivity contribution in [1.29, 1.82) is 0 Å². The number of rotatable bonds is 5. The van der Waals surface area contributed by atoms with Gasteiger partial charge in [-0.05, 0) is 26.0 Å². The van der Waals surface area contributed by atoms with Crippen LogP contribution in [0.5, 0.6) is 0 Å². The molecule has 19 heavy (non-hydrogen) atoms. The number of nitrogens with zero attached hydrogens (tertiary/aromatic N) is 4. The molecule has 0 fully saturated rings. The highest BCUT2D eigenvalue weighted by Gasteiger charge is 2.11. The van der Waals surface area contributed by atoms with Gasteiger partial charge in [-0.15, -0.1) is 0 Å². The first-order chi connectivity index (χ1) is 9.22. The maximum Gasteiger partial charge on any atom is 0.137 e. The van der Waals surface area contributed by atoms with Crippen molar-refractivity contribution in [2.45, 2.75) is 20.4 Å². The van der Waals surface area contributed by atoms with Gasteiger partial charge in [0.1, 0.15) is 18.0 Å². The van der Waals surface area contributed by atoms with E-state index in [1.165, 1.54) is 0 Å². The minimum atomic E-state index is 0.726. The summed E-state index contributed by atoms with van der Waals surface area (Å²) in [6, 6.07) is 5.92. The summed E-state index contributed by atoms with van der Waals surface area (Å²) in [5.41, 5.74) is 2.08. The van der Waals surface area contributed by atoms with Gasteiger partial charge in [0, 0.05) is 25.4 Å². The topological polar surface area (TPSA) is 53.9 Å². The van der Waals surface area contributed by atoms with Crippen LogP contribution in [0.1, 0.15) is 18.2 Å². The van der Waals surface area contributed by atoms with Crippen molar-refractivity contribution in [3.8, 4) is 0 Å². The van der Waals surface area contributed by atoms with Crippen LogP contribution >= 0.6 is 0 Å². The average molecular weight is 257 g/mol. The van der Waals surface area contributed by atoms with E-state index in [-0.39, 0.29) is 0 Å². The van der Waals surface area contributed by atoms with Crippen LogP contribution in [-0.4, -0.2) is 28.5 Å². The molecule has 0 atom stereocenters. The molecule has 0 amide bonds. The molecule has 5 heteroatoms. The zero-order valence-electron chi connectivity index (χ0n) is 11.6. The standard InChI is InChI=1S/C14H19N5/c1-4-15-13-11(2)14(18-10-17-13)19(3)9-12-7-5-6-8-16-12/h5-8,10H,4,9H2,1-3H3,(H,15,17,18). The summed E-state index contributed by atoms with van der Waals surface area (Å²) in [5.74, 6) is 1.82. The molecule has 0 aliphatic carbocycles. The molecule has 2 rings (SSSR count). The molecule has 0 saturated heterocycles. The number of hydrogen-bond acceptors (Lipinski definition) is 5. The second-order valence-corrected chi connectivity index (χ2v) is 4.38. The molecular weight excluding hydrogens is 238 g/mol. The summed E-state index contributed by atoms with van der Waals surface area (Å²) in [6.07, 6.45) is 3.40. The van der Waals surface area contributed by atoms with E-state index in [1.807, 2.05) is 32.2 Å². The first-order valence-electron chi connectivity index (χ1n) is 6.39. The van der Waals surface area contributed by atoms with Crippen LogP contribution in [0.15, 0.2) is 30.7 Å². The number of aromatic nitrogens is 3. The molecule has 0 aromatic carbocycles. The minimum Gasteiger partial charge on any atom is -0.370 e. The van der Waals surface area contributed by atoms with Crippen molar-refractivity contribution in [1.82, 2.24) is 15.0 Å². The van der Waals surface area contributed by atoms with Gasteiger partial charge in [-0.25, -0.2) is 9.97 Å². The van der Waals surface area contributed by atoms with Gasteiger partial charge in [0.05, 0.1) is 12.2 Å². The van der Waals surface area contributed by atoms with E-state index in [0.717, 1.165) is 36.0 Å². The molecule has 0 bridgehead atoms. The van der Waals surface area contributed by atoms with Crippen LogP contribution in [0.3, 0.4) is 0 Å². The highest BCUT2D eigenvalue weighted by molar-refractivity contribution is 5.57. The Bertz CT molecular complexity index is 527. The molecule has 2 aromatic heterocycles. The average Bonchev–Trinajstić information content (AvgIpc) is 2.42. The van der Waals surface area contributed by atoms with Gasteiger partial charge in [-0.2, -0.15) is 0 Å². The van der Waals surface area contributed by atoms with Crippen LogP contribution in [0.4, 0.5) is 11.6 Å². The summed E-state index contributed by atoms with van der Waals surface area (Å²) in [6.45, 7) is 5.66. The van der Waals surface area contributed by atoms with Crippen LogP contribution < -0.4 is 10.2 Å².